The van der Waals surface area contributed by atoms with E-state index >= 15 is 0 Å². The van der Waals surface area contributed by atoms with Gasteiger partial charge in [-0.25, -0.2) is 0 Å². The Bertz CT molecular complexity index is 437. The molecule has 0 spiro atoms. The monoisotopic (exact) mass is 191 g/mol. The van der Waals surface area contributed by atoms with Gasteiger partial charge in [-0.2, -0.15) is 0 Å². The van der Waals surface area contributed by atoms with Crippen LogP contribution in [0.1, 0.15) is 12.5 Å². The molecule has 0 atom stereocenters. The van der Waals surface area contributed by atoms with Crippen LogP contribution >= 0.6 is 11.6 Å². The molecule has 2 aromatic rings. The number of hydrogen-bond acceptors (Lipinski definition) is 1. The molecule has 0 unspecified atom stereocenters. The predicted octanol–water partition coefficient (Wildman–Crippen LogP) is 3.45. The predicted molar refractivity (Wildman–Crippen MR) is 56.1 cm³/mol. The van der Waals surface area contributed by atoms with Gasteiger partial charge in [0.05, 0.1) is 10.5 Å². The van der Waals surface area contributed by atoms with Crippen molar-refractivity contribution in [2.24, 2.45) is 0 Å². The first-order valence-corrected chi connectivity index (χ1v) is 4.73. The summed E-state index contributed by atoms with van der Waals surface area (Å²) >= 11 is 6.02. The number of fused-ring (bicyclic) bond motifs is 1. The molecule has 0 fully saturated rings. The van der Waals surface area contributed by atoms with E-state index in [0.717, 1.165) is 22.3 Å². The van der Waals surface area contributed by atoms with Gasteiger partial charge < -0.3 is 0 Å². The summed E-state index contributed by atoms with van der Waals surface area (Å²) in [5.74, 6) is 0. The van der Waals surface area contributed by atoms with E-state index in [9.17, 15) is 0 Å². The molecule has 0 saturated carbocycles. The van der Waals surface area contributed by atoms with Gasteiger partial charge in [-0.15, -0.1) is 0 Å². The van der Waals surface area contributed by atoms with E-state index < -0.39 is 0 Å². The minimum absolute atomic E-state index is 0.729. The molecule has 0 aliphatic carbocycles. The molecular formula is C11H10ClN. The second-order valence-corrected chi connectivity index (χ2v) is 3.37. The van der Waals surface area contributed by atoms with Crippen LogP contribution in [0.2, 0.25) is 5.02 Å². The average Bonchev–Trinajstić information content (AvgIpc) is 2.19. The Labute approximate surface area is 82.4 Å². The zero-order valence-corrected chi connectivity index (χ0v) is 8.17. The molecule has 1 nitrogen and oxygen atoms in total. The highest BCUT2D eigenvalue weighted by molar-refractivity contribution is 6.35. The van der Waals surface area contributed by atoms with E-state index in [0.29, 0.717) is 0 Å². The third kappa shape index (κ3) is 1.40. The molecular weight excluding hydrogens is 182 g/mol. The largest absolute Gasteiger partial charge is 0.255 e. The van der Waals surface area contributed by atoms with Gasteiger partial charge in [-0.3, -0.25) is 4.98 Å². The number of aryl methyl sites for hydroxylation is 1. The Morgan fingerprint density at radius 2 is 2.15 bits per heavy atom. The van der Waals surface area contributed by atoms with Gasteiger partial charge in [0, 0.05) is 11.6 Å². The highest BCUT2D eigenvalue weighted by atomic mass is 35.5. The Kier molecular flexibility index (Phi) is 2.19. The lowest BCUT2D eigenvalue weighted by Gasteiger charge is -2.03. The zero-order valence-electron chi connectivity index (χ0n) is 7.42. The molecule has 1 aromatic carbocycles. The Morgan fingerprint density at radius 3 is 2.92 bits per heavy atom. The molecule has 0 aliphatic rings. The minimum Gasteiger partial charge on any atom is -0.255 e. The van der Waals surface area contributed by atoms with E-state index in [2.05, 4.69) is 24.0 Å². The molecule has 0 bridgehead atoms. The lowest BCUT2D eigenvalue weighted by Crippen LogP contribution is -1.86. The van der Waals surface area contributed by atoms with Gasteiger partial charge in [0.1, 0.15) is 0 Å². The fourth-order valence-corrected chi connectivity index (χ4v) is 1.72. The second-order valence-electron chi connectivity index (χ2n) is 2.96. The van der Waals surface area contributed by atoms with Crippen LogP contribution < -0.4 is 0 Å². The fraction of sp³-hybridized carbons (Fsp3) is 0.182. The highest BCUT2D eigenvalue weighted by Gasteiger charge is 2.02. The highest BCUT2D eigenvalue weighted by Crippen LogP contribution is 2.24. The van der Waals surface area contributed by atoms with Crippen LogP contribution in [-0.4, -0.2) is 4.98 Å². The summed E-state index contributed by atoms with van der Waals surface area (Å²) in [6, 6.07) is 7.98. The maximum Gasteiger partial charge on any atom is 0.0890 e. The Hall–Kier alpha value is -1.08. The van der Waals surface area contributed by atoms with Crippen molar-refractivity contribution in [1.29, 1.82) is 0 Å². The summed E-state index contributed by atoms with van der Waals surface area (Å²) in [7, 11) is 0. The van der Waals surface area contributed by atoms with Crippen molar-refractivity contribution in [2.45, 2.75) is 13.3 Å². The van der Waals surface area contributed by atoms with Gasteiger partial charge in [-0.05, 0) is 24.1 Å². The molecule has 66 valence electrons. The zero-order chi connectivity index (χ0) is 9.26. The third-order valence-electron chi connectivity index (χ3n) is 2.19. The molecule has 13 heavy (non-hydrogen) atoms. The molecule has 1 aromatic heterocycles. The number of nitrogens with zero attached hydrogens (tertiary/aromatic N) is 1. The van der Waals surface area contributed by atoms with Crippen LogP contribution in [0.4, 0.5) is 0 Å². The molecule has 2 heteroatoms. The van der Waals surface area contributed by atoms with Gasteiger partial charge >= 0.3 is 0 Å². The lowest BCUT2D eigenvalue weighted by molar-refractivity contribution is 1.16. The topological polar surface area (TPSA) is 12.9 Å². The van der Waals surface area contributed by atoms with Crippen molar-refractivity contribution in [1.82, 2.24) is 4.98 Å². The first kappa shape index (κ1) is 8.52. The van der Waals surface area contributed by atoms with E-state index in [1.54, 1.807) is 6.20 Å². The van der Waals surface area contributed by atoms with E-state index in [-0.39, 0.29) is 0 Å². The smallest absolute Gasteiger partial charge is 0.0890 e. The van der Waals surface area contributed by atoms with Crippen LogP contribution in [0.3, 0.4) is 0 Å². The van der Waals surface area contributed by atoms with Gasteiger partial charge in [0.25, 0.3) is 0 Å². The first-order valence-electron chi connectivity index (χ1n) is 4.35. The molecule has 2 rings (SSSR count). The number of aromatic nitrogens is 1. The summed E-state index contributed by atoms with van der Waals surface area (Å²) in [5, 5.41) is 1.89. The summed E-state index contributed by atoms with van der Waals surface area (Å²) < 4.78 is 0. The molecule has 0 aliphatic heterocycles. The fourth-order valence-electron chi connectivity index (χ4n) is 1.51. The summed E-state index contributed by atoms with van der Waals surface area (Å²) in [6.07, 6.45) is 2.78. The quantitative estimate of drug-likeness (QED) is 0.673. The van der Waals surface area contributed by atoms with Crippen molar-refractivity contribution < 1.29 is 0 Å². The maximum absolute atomic E-state index is 6.02. The van der Waals surface area contributed by atoms with Gasteiger partial charge in [-0.1, -0.05) is 30.7 Å². The first-order chi connectivity index (χ1) is 6.33. The van der Waals surface area contributed by atoms with E-state index in [4.69, 9.17) is 11.6 Å². The number of hydrogen-bond donors (Lipinski definition) is 0. The number of rotatable bonds is 1. The molecule has 0 N–H and O–H groups in total. The number of benzene rings is 1. The van der Waals surface area contributed by atoms with Crippen molar-refractivity contribution >= 4 is 22.5 Å². The van der Waals surface area contributed by atoms with Gasteiger partial charge in [0.2, 0.25) is 0 Å². The molecule has 0 saturated heterocycles. The number of halogens is 1. The van der Waals surface area contributed by atoms with E-state index in [1.807, 2.05) is 12.1 Å². The van der Waals surface area contributed by atoms with Crippen LogP contribution in [0.5, 0.6) is 0 Å². The van der Waals surface area contributed by atoms with Crippen LogP contribution in [-0.2, 0) is 6.42 Å². The standard InChI is InChI=1S/C11H10ClN/c1-2-8-5-6-10(12)11-9(8)4-3-7-13-11/h3-7H,2H2,1H3. The average molecular weight is 192 g/mol. The molecule has 1 heterocycles. The van der Waals surface area contributed by atoms with E-state index in [1.165, 1.54) is 5.56 Å². The minimum atomic E-state index is 0.729. The second kappa shape index (κ2) is 3.35. The SMILES string of the molecule is CCc1ccc(Cl)c2ncccc12. The van der Waals surface area contributed by atoms with Crippen molar-refractivity contribution in [3.63, 3.8) is 0 Å². The number of pyridine rings is 1. The summed E-state index contributed by atoms with van der Waals surface area (Å²) in [4.78, 5) is 4.26. The van der Waals surface area contributed by atoms with Crippen molar-refractivity contribution in [3.05, 3.63) is 41.0 Å². The van der Waals surface area contributed by atoms with Crippen LogP contribution in [0.15, 0.2) is 30.5 Å². The Balaban J connectivity index is 2.84. The van der Waals surface area contributed by atoms with Gasteiger partial charge in [0.15, 0.2) is 0 Å². The van der Waals surface area contributed by atoms with Crippen LogP contribution in [0, 0.1) is 0 Å². The summed E-state index contributed by atoms with van der Waals surface area (Å²) in [6.45, 7) is 2.13. The maximum atomic E-state index is 6.02. The third-order valence-corrected chi connectivity index (χ3v) is 2.50. The molecule has 0 radical (unpaired) electrons. The summed E-state index contributed by atoms with van der Waals surface area (Å²) in [5.41, 5.74) is 2.20. The molecule has 0 amide bonds. The lowest BCUT2D eigenvalue weighted by atomic mass is 10.1. The van der Waals surface area contributed by atoms with Crippen molar-refractivity contribution in [2.75, 3.05) is 0 Å². The van der Waals surface area contributed by atoms with Crippen molar-refractivity contribution in [3.8, 4) is 0 Å². The van der Waals surface area contributed by atoms with Crippen LogP contribution in [0.25, 0.3) is 10.9 Å². The normalized spacial score (nSPS) is 10.6. The Morgan fingerprint density at radius 1 is 1.31 bits per heavy atom.